The van der Waals surface area contributed by atoms with E-state index in [1.165, 1.54) is 19.3 Å². The Bertz CT molecular complexity index is 1800. The van der Waals surface area contributed by atoms with Gasteiger partial charge in [-0.05, 0) is 93.2 Å². The highest BCUT2D eigenvalue weighted by atomic mass is 16.5. The van der Waals surface area contributed by atoms with E-state index in [9.17, 15) is 4.79 Å². The summed E-state index contributed by atoms with van der Waals surface area (Å²) in [6, 6.07) is 21.9. The molecule has 0 amide bonds. The van der Waals surface area contributed by atoms with Crippen LogP contribution < -0.4 is 10.3 Å². The minimum atomic E-state index is -0.0627. The summed E-state index contributed by atoms with van der Waals surface area (Å²) in [5, 5.41) is 9.72. The molecular weight excluding hydrogens is 548 g/mol. The topological polar surface area (TPSA) is 86.0 Å². The van der Waals surface area contributed by atoms with E-state index in [0.717, 1.165) is 71.2 Å². The third-order valence-electron chi connectivity index (χ3n) is 9.16. The molecule has 3 aromatic heterocycles. The summed E-state index contributed by atoms with van der Waals surface area (Å²) in [6.45, 7) is 6.84. The van der Waals surface area contributed by atoms with Gasteiger partial charge < -0.3 is 14.2 Å². The molecule has 0 N–H and O–H groups in total. The van der Waals surface area contributed by atoms with Gasteiger partial charge >= 0.3 is 0 Å². The molecule has 224 valence electrons. The molecule has 1 aliphatic carbocycles. The van der Waals surface area contributed by atoms with Gasteiger partial charge in [0.25, 0.3) is 5.56 Å². The van der Waals surface area contributed by atoms with E-state index in [-0.39, 0.29) is 5.56 Å². The zero-order valence-electron chi connectivity index (χ0n) is 25.4. The van der Waals surface area contributed by atoms with E-state index in [1.54, 1.807) is 22.9 Å². The molecule has 0 atom stereocenters. The predicted molar refractivity (Wildman–Crippen MR) is 172 cm³/mol. The molecule has 7 rings (SSSR count). The number of piperidine rings is 1. The first-order valence-electron chi connectivity index (χ1n) is 15.8. The number of hydrogen-bond donors (Lipinski definition) is 0. The van der Waals surface area contributed by atoms with Crippen molar-refractivity contribution in [1.82, 2.24) is 29.6 Å². The van der Waals surface area contributed by atoms with E-state index in [2.05, 4.69) is 28.9 Å². The predicted octanol–water partition coefficient (Wildman–Crippen LogP) is 6.94. The van der Waals surface area contributed by atoms with Gasteiger partial charge in [0, 0.05) is 53.0 Å². The number of pyridine rings is 1. The number of hydrogen-bond acceptors (Lipinski definition) is 7. The number of fused-ring (bicyclic) bond motifs is 1. The van der Waals surface area contributed by atoms with Gasteiger partial charge in [-0.3, -0.25) is 4.79 Å². The van der Waals surface area contributed by atoms with Gasteiger partial charge in [-0.25, -0.2) is 9.97 Å². The Balaban J connectivity index is 1.17. The lowest BCUT2D eigenvalue weighted by Gasteiger charge is -2.41. The van der Waals surface area contributed by atoms with Crippen LogP contribution in [0.3, 0.4) is 0 Å². The van der Waals surface area contributed by atoms with E-state index in [1.807, 2.05) is 60.8 Å². The molecule has 8 nitrogen and oxygen atoms in total. The highest BCUT2D eigenvalue weighted by molar-refractivity contribution is 5.81. The average Bonchev–Trinajstić information content (AvgIpc) is 3.02. The van der Waals surface area contributed by atoms with Crippen molar-refractivity contribution in [1.29, 1.82) is 0 Å². The highest BCUT2D eigenvalue weighted by Gasteiger charge is 2.30. The summed E-state index contributed by atoms with van der Waals surface area (Å²) >= 11 is 0. The van der Waals surface area contributed by atoms with Crippen molar-refractivity contribution in [3.63, 3.8) is 0 Å². The molecule has 0 bridgehead atoms. The molecule has 4 heterocycles. The van der Waals surface area contributed by atoms with Gasteiger partial charge in [-0.15, -0.1) is 0 Å². The normalized spacial score (nSPS) is 16.3. The molecule has 1 aliphatic heterocycles. The lowest BCUT2D eigenvalue weighted by atomic mass is 9.87. The van der Waals surface area contributed by atoms with Crippen LogP contribution in [0.4, 0.5) is 0 Å². The van der Waals surface area contributed by atoms with E-state index in [4.69, 9.17) is 14.7 Å². The van der Waals surface area contributed by atoms with Crippen LogP contribution in [0.2, 0.25) is 0 Å². The fraction of sp³-hybridized carbons (Fsp3) is 0.361. The molecule has 5 aromatic rings. The number of nitrogens with zero attached hydrogens (tertiary/aromatic N) is 6. The summed E-state index contributed by atoms with van der Waals surface area (Å²) in [7, 11) is 0. The molecule has 8 heteroatoms. The number of rotatable bonds is 8. The fourth-order valence-corrected chi connectivity index (χ4v) is 6.21. The number of aromatic nitrogens is 5. The van der Waals surface area contributed by atoms with Gasteiger partial charge in [0.15, 0.2) is 0 Å². The number of ether oxygens (including phenoxy) is 1. The molecule has 0 spiro atoms. The zero-order chi connectivity index (χ0) is 30.0. The minimum absolute atomic E-state index is 0.0627. The summed E-state index contributed by atoms with van der Waals surface area (Å²) in [6.07, 6.45) is 9.98. The first kappa shape index (κ1) is 28.3. The monoisotopic (exact) mass is 586 g/mol. The van der Waals surface area contributed by atoms with Crippen LogP contribution >= 0.6 is 0 Å². The lowest BCUT2D eigenvalue weighted by Crippen LogP contribution is -2.44. The second-order valence-corrected chi connectivity index (χ2v) is 12.4. The fourth-order valence-electron chi connectivity index (χ4n) is 6.21. The van der Waals surface area contributed by atoms with Crippen molar-refractivity contribution >= 4 is 10.9 Å². The third kappa shape index (κ3) is 5.99. The van der Waals surface area contributed by atoms with Crippen LogP contribution in [-0.2, 0) is 6.54 Å². The van der Waals surface area contributed by atoms with Gasteiger partial charge in [-0.2, -0.15) is 10.2 Å². The maximum Gasteiger partial charge on any atom is 0.250 e. The zero-order valence-corrected chi connectivity index (χ0v) is 25.4. The van der Waals surface area contributed by atoms with Crippen molar-refractivity contribution in [2.24, 2.45) is 0 Å². The molecular formula is C36H38N6O2. The third-order valence-corrected chi connectivity index (χ3v) is 9.16. The quantitative estimate of drug-likeness (QED) is 0.195. The van der Waals surface area contributed by atoms with Crippen molar-refractivity contribution < 1.29 is 4.74 Å². The minimum Gasteiger partial charge on any atom is -0.457 e. The van der Waals surface area contributed by atoms with Crippen molar-refractivity contribution in [2.75, 3.05) is 13.1 Å². The summed E-state index contributed by atoms with van der Waals surface area (Å²) in [5.41, 5.74) is 4.44. The SMILES string of the molecule is CC(C)c1ccc(-c2ccc(Oc3cc4nc(C5CCN(C6CCC6)CC5)ncc4cc3Cn3ccccc3=O)cc2)nn1. The number of likely N-dealkylation sites (tertiary alicyclic amines) is 1. The second-order valence-electron chi connectivity index (χ2n) is 12.4. The van der Waals surface area contributed by atoms with Crippen LogP contribution in [-0.4, -0.2) is 48.8 Å². The van der Waals surface area contributed by atoms with Gasteiger partial charge in [0.1, 0.15) is 17.3 Å². The van der Waals surface area contributed by atoms with Gasteiger partial charge in [0.05, 0.1) is 23.4 Å². The highest BCUT2D eigenvalue weighted by Crippen LogP contribution is 2.34. The van der Waals surface area contributed by atoms with Crippen LogP contribution in [0, 0.1) is 0 Å². The number of benzene rings is 2. The molecule has 0 radical (unpaired) electrons. The van der Waals surface area contributed by atoms with Crippen LogP contribution in [0.1, 0.15) is 74.9 Å². The van der Waals surface area contributed by atoms with Gasteiger partial charge in [-0.1, -0.05) is 26.3 Å². The molecule has 0 unspecified atom stereocenters. The second kappa shape index (κ2) is 12.3. The largest absolute Gasteiger partial charge is 0.457 e. The van der Waals surface area contributed by atoms with E-state index in [0.29, 0.717) is 29.9 Å². The molecule has 2 aliphatic rings. The standard InChI is InChI=1S/C36H38N6O2/c1-24(2)31-13-14-32(40-39-31)25-9-11-30(12-10-25)44-34-21-33-27(20-28(34)23-42-17-4-3-8-35(42)43)22-37-36(38-33)26-15-18-41(19-16-26)29-6-5-7-29/h3-4,8-14,17,20-22,24,26,29H,5-7,15-16,18-19,23H2,1-2H3. The first-order valence-corrected chi connectivity index (χ1v) is 15.8. The maximum atomic E-state index is 12.6. The molecule has 2 aromatic carbocycles. The van der Waals surface area contributed by atoms with Crippen molar-refractivity contribution in [3.05, 3.63) is 107 Å². The Morgan fingerprint density at radius 2 is 1.75 bits per heavy atom. The summed E-state index contributed by atoms with van der Waals surface area (Å²) in [4.78, 5) is 25.1. The Morgan fingerprint density at radius 1 is 0.932 bits per heavy atom. The maximum absolute atomic E-state index is 12.6. The molecule has 1 saturated heterocycles. The van der Waals surface area contributed by atoms with Crippen LogP contribution in [0.15, 0.2) is 83.9 Å². The van der Waals surface area contributed by atoms with Gasteiger partial charge in [0.2, 0.25) is 0 Å². The molecule has 1 saturated carbocycles. The Hall–Kier alpha value is -4.43. The molecule has 2 fully saturated rings. The van der Waals surface area contributed by atoms with E-state index >= 15 is 0 Å². The lowest BCUT2D eigenvalue weighted by molar-refractivity contribution is 0.0964. The average molecular weight is 587 g/mol. The van der Waals surface area contributed by atoms with Crippen molar-refractivity contribution in [2.45, 2.75) is 70.4 Å². The summed E-state index contributed by atoms with van der Waals surface area (Å²) < 4.78 is 8.18. The smallest absolute Gasteiger partial charge is 0.250 e. The Kier molecular flexibility index (Phi) is 7.91. The summed E-state index contributed by atoms with van der Waals surface area (Å²) in [5.74, 6) is 2.98. The first-order chi connectivity index (χ1) is 21.5. The van der Waals surface area contributed by atoms with Crippen LogP contribution in [0.25, 0.3) is 22.2 Å². The molecule has 44 heavy (non-hydrogen) atoms. The van der Waals surface area contributed by atoms with Crippen molar-refractivity contribution in [3.8, 4) is 22.8 Å². The van der Waals surface area contributed by atoms with E-state index < -0.39 is 0 Å². The Labute approximate surface area is 257 Å². The van der Waals surface area contributed by atoms with Crippen LogP contribution in [0.5, 0.6) is 11.5 Å². The Morgan fingerprint density at radius 3 is 2.43 bits per heavy atom.